The molecule has 26 heavy (non-hydrogen) atoms. The summed E-state index contributed by atoms with van der Waals surface area (Å²) >= 11 is 0. The number of aryl methyl sites for hydroxylation is 1. The molecule has 4 rings (SSSR count). The largest absolute Gasteiger partial charge is 0.379 e. The summed E-state index contributed by atoms with van der Waals surface area (Å²) in [5.41, 5.74) is 0.770. The van der Waals surface area contributed by atoms with Crippen molar-refractivity contribution >= 4 is 17.4 Å². The maximum atomic E-state index is 12.0. The lowest BCUT2D eigenvalue weighted by molar-refractivity contribution is -0.130. The first-order chi connectivity index (χ1) is 12.6. The molecule has 0 bridgehead atoms. The van der Waals surface area contributed by atoms with E-state index < -0.39 is 0 Å². The van der Waals surface area contributed by atoms with Crippen LogP contribution < -0.4 is 4.90 Å². The van der Waals surface area contributed by atoms with E-state index in [1.54, 1.807) is 4.52 Å². The van der Waals surface area contributed by atoms with E-state index in [1.807, 2.05) is 24.0 Å². The van der Waals surface area contributed by atoms with Crippen LogP contribution in [-0.4, -0.2) is 94.5 Å². The number of anilines is 1. The lowest BCUT2D eigenvalue weighted by Gasteiger charge is -2.45. The zero-order valence-electron chi connectivity index (χ0n) is 15.3. The zero-order valence-corrected chi connectivity index (χ0v) is 15.3. The first kappa shape index (κ1) is 17.2. The Kier molecular flexibility index (Phi) is 4.73. The van der Waals surface area contributed by atoms with Crippen molar-refractivity contribution in [3.05, 3.63) is 18.0 Å². The highest BCUT2D eigenvalue weighted by atomic mass is 16.5. The average Bonchev–Trinajstić information content (AvgIpc) is 2.83. The summed E-state index contributed by atoms with van der Waals surface area (Å²) < 4.78 is 7.15. The fraction of sp³-hybridized carbons (Fsp3) is 0.647. The zero-order chi connectivity index (χ0) is 18.1. The predicted octanol–water partition coefficient (Wildman–Crippen LogP) is -0.198. The molecule has 0 atom stereocenters. The fourth-order valence-electron chi connectivity index (χ4n) is 3.39. The van der Waals surface area contributed by atoms with Gasteiger partial charge < -0.3 is 14.5 Å². The summed E-state index contributed by atoms with van der Waals surface area (Å²) in [6.07, 6.45) is 0.498. The Hall–Kier alpha value is -2.26. The first-order valence-electron chi connectivity index (χ1n) is 9.11. The number of amides is 1. The Balaban J connectivity index is 1.29. The molecule has 0 spiro atoms. The van der Waals surface area contributed by atoms with E-state index in [0.717, 1.165) is 43.5 Å². The summed E-state index contributed by atoms with van der Waals surface area (Å²) in [6.45, 7) is 7.31. The van der Waals surface area contributed by atoms with Crippen molar-refractivity contribution in [3.8, 4) is 0 Å². The number of carbonyl (C=O) groups is 1. The Labute approximate surface area is 152 Å². The smallest absolute Gasteiger partial charge is 0.225 e. The number of aromatic nitrogens is 4. The van der Waals surface area contributed by atoms with Crippen LogP contribution in [0, 0.1) is 6.92 Å². The number of carbonyl (C=O) groups excluding carboxylic acids is 1. The fourth-order valence-corrected chi connectivity index (χ4v) is 3.39. The number of hydrogen-bond donors (Lipinski definition) is 0. The monoisotopic (exact) mass is 359 g/mol. The molecule has 9 nitrogen and oxygen atoms in total. The van der Waals surface area contributed by atoms with Crippen molar-refractivity contribution in [3.63, 3.8) is 0 Å². The number of fused-ring (bicyclic) bond motifs is 1. The predicted molar refractivity (Wildman–Crippen MR) is 96.2 cm³/mol. The van der Waals surface area contributed by atoms with E-state index in [0.29, 0.717) is 32.2 Å². The third kappa shape index (κ3) is 3.36. The van der Waals surface area contributed by atoms with Gasteiger partial charge >= 0.3 is 0 Å². The average molecular weight is 359 g/mol. The van der Waals surface area contributed by atoms with Crippen molar-refractivity contribution < 1.29 is 9.53 Å². The van der Waals surface area contributed by atoms with Gasteiger partial charge in [-0.2, -0.15) is 4.52 Å². The van der Waals surface area contributed by atoms with Gasteiger partial charge in [0.25, 0.3) is 0 Å². The third-order valence-corrected chi connectivity index (χ3v) is 5.26. The lowest BCUT2D eigenvalue weighted by Crippen LogP contribution is -2.59. The molecule has 0 radical (unpaired) electrons. The number of rotatable bonds is 5. The van der Waals surface area contributed by atoms with Crippen LogP contribution in [0.5, 0.6) is 0 Å². The standard InChI is InChI=1S/C17H25N7O2/c1-13-18-19-15-3-4-16(20-24(13)15)23-11-14(12-23)21(2)6-7-22-8-10-26-9-5-17(22)25/h3-4,14H,5-12H2,1-2H3. The maximum absolute atomic E-state index is 12.0. The molecule has 2 aromatic rings. The summed E-state index contributed by atoms with van der Waals surface area (Å²) in [7, 11) is 2.13. The molecule has 2 aromatic heterocycles. The second-order valence-corrected chi connectivity index (χ2v) is 6.99. The normalized spacial score (nSPS) is 19.3. The van der Waals surface area contributed by atoms with Crippen LogP contribution in [-0.2, 0) is 9.53 Å². The second-order valence-electron chi connectivity index (χ2n) is 6.99. The summed E-state index contributed by atoms with van der Waals surface area (Å²) in [5.74, 6) is 1.94. The van der Waals surface area contributed by atoms with E-state index in [2.05, 4.69) is 32.1 Å². The van der Waals surface area contributed by atoms with Crippen LogP contribution in [0.4, 0.5) is 5.82 Å². The quantitative estimate of drug-likeness (QED) is 0.732. The second kappa shape index (κ2) is 7.16. The molecule has 0 aliphatic carbocycles. The van der Waals surface area contributed by atoms with Gasteiger partial charge in [0, 0.05) is 38.8 Å². The van der Waals surface area contributed by atoms with Crippen LogP contribution in [0.1, 0.15) is 12.2 Å². The molecule has 4 heterocycles. The minimum atomic E-state index is 0.202. The van der Waals surface area contributed by atoms with Crippen LogP contribution in [0.2, 0.25) is 0 Å². The van der Waals surface area contributed by atoms with Gasteiger partial charge in [-0.3, -0.25) is 9.69 Å². The molecular formula is C17H25N7O2. The molecule has 2 fully saturated rings. The van der Waals surface area contributed by atoms with Gasteiger partial charge in [-0.1, -0.05) is 0 Å². The van der Waals surface area contributed by atoms with Crippen molar-refractivity contribution in [1.82, 2.24) is 29.6 Å². The molecule has 2 saturated heterocycles. The van der Waals surface area contributed by atoms with E-state index in [-0.39, 0.29) is 5.91 Å². The summed E-state index contributed by atoms with van der Waals surface area (Å²) in [6, 6.07) is 4.43. The van der Waals surface area contributed by atoms with Gasteiger partial charge in [-0.15, -0.1) is 15.3 Å². The molecule has 0 unspecified atom stereocenters. The third-order valence-electron chi connectivity index (χ3n) is 5.26. The van der Waals surface area contributed by atoms with Crippen LogP contribution in [0.3, 0.4) is 0 Å². The first-order valence-corrected chi connectivity index (χ1v) is 9.11. The minimum Gasteiger partial charge on any atom is -0.379 e. The van der Waals surface area contributed by atoms with Gasteiger partial charge in [0.15, 0.2) is 11.5 Å². The van der Waals surface area contributed by atoms with Crippen molar-refractivity contribution in [1.29, 1.82) is 0 Å². The SMILES string of the molecule is Cc1nnc2ccc(N3CC(N(C)CCN4CCOCCC4=O)C3)nn12. The summed E-state index contributed by atoms with van der Waals surface area (Å²) in [5, 5.41) is 12.7. The van der Waals surface area contributed by atoms with Crippen molar-refractivity contribution in [2.45, 2.75) is 19.4 Å². The highest BCUT2D eigenvalue weighted by molar-refractivity contribution is 5.76. The molecule has 1 amide bonds. The van der Waals surface area contributed by atoms with Crippen molar-refractivity contribution in [2.75, 3.05) is 57.9 Å². The van der Waals surface area contributed by atoms with E-state index in [4.69, 9.17) is 4.74 Å². The number of ether oxygens (including phenoxy) is 1. The highest BCUT2D eigenvalue weighted by Crippen LogP contribution is 2.21. The molecule has 0 saturated carbocycles. The molecular weight excluding hydrogens is 334 g/mol. The van der Waals surface area contributed by atoms with Gasteiger partial charge in [-0.05, 0) is 26.1 Å². The van der Waals surface area contributed by atoms with Crippen molar-refractivity contribution in [2.24, 2.45) is 0 Å². The van der Waals surface area contributed by atoms with E-state index in [9.17, 15) is 4.79 Å². The Morgan fingerprint density at radius 2 is 2.12 bits per heavy atom. The Morgan fingerprint density at radius 1 is 1.27 bits per heavy atom. The number of likely N-dealkylation sites (N-methyl/N-ethyl adjacent to an activating group) is 1. The molecule has 9 heteroatoms. The number of hydrogen-bond acceptors (Lipinski definition) is 7. The molecule has 2 aliphatic heterocycles. The summed E-state index contributed by atoms with van der Waals surface area (Å²) in [4.78, 5) is 18.5. The maximum Gasteiger partial charge on any atom is 0.225 e. The van der Waals surface area contributed by atoms with E-state index in [1.165, 1.54) is 0 Å². The topological polar surface area (TPSA) is 79.1 Å². The lowest BCUT2D eigenvalue weighted by atomic mass is 10.1. The highest BCUT2D eigenvalue weighted by Gasteiger charge is 2.31. The van der Waals surface area contributed by atoms with Gasteiger partial charge in [-0.25, -0.2) is 0 Å². The van der Waals surface area contributed by atoms with Gasteiger partial charge in [0.05, 0.1) is 19.6 Å². The van der Waals surface area contributed by atoms with Crippen LogP contribution in [0.25, 0.3) is 5.65 Å². The molecule has 0 aromatic carbocycles. The minimum absolute atomic E-state index is 0.202. The van der Waals surface area contributed by atoms with Gasteiger partial charge in [0.2, 0.25) is 5.91 Å². The van der Waals surface area contributed by atoms with Crippen LogP contribution >= 0.6 is 0 Å². The number of nitrogens with zero attached hydrogens (tertiary/aromatic N) is 7. The Morgan fingerprint density at radius 3 is 2.96 bits per heavy atom. The van der Waals surface area contributed by atoms with Crippen LogP contribution in [0.15, 0.2) is 12.1 Å². The Bertz CT molecular complexity index is 787. The molecule has 0 N–H and O–H groups in total. The van der Waals surface area contributed by atoms with E-state index >= 15 is 0 Å². The van der Waals surface area contributed by atoms with Gasteiger partial charge in [0.1, 0.15) is 5.82 Å². The molecule has 140 valence electrons. The molecule has 2 aliphatic rings.